The molecule has 1 rings (SSSR count). The molecular weight excluding hydrogens is 350 g/mol. The van der Waals surface area contributed by atoms with E-state index in [0.717, 1.165) is 0 Å². The number of nitrogens with zero attached hydrogens (tertiary/aromatic N) is 1. The van der Waals surface area contributed by atoms with Gasteiger partial charge in [0.15, 0.2) is 0 Å². The highest BCUT2D eigenvalue weighted by atomic mass is 16.4. The normalized spacial score (nSPS) is 19.3. The number of Topliss-reactive ketones (excluding diaryl/α,β-unsaturated/α-hetero) is 1. The first-order chi connectivity index (χ1) is 12.7. The maximum Gasteiger partial charge on any atom is 0.258 e. The minimum Gasteiger partial charge on any atom is -0.548 e. The molecule has 0 saturated carbocycles. The number of nitrogens with one attached hydrogen (secondary N) is 2. The SMILES string of the molecule is C=CCC(=O)CC[C@H](C(=O)N[C@@H](C)C(=O)N1CCCC(C(=O)[O-])N1)C(C)C. The van der Waals surface area contributed by atoms with Gasteiger partial charge in [-0.2, -0.15) is 0 Å². The number of amides is 2. The van der Waals surface area contributed by atoms with Crippen molar-refractivity contribution in [3.05, 3.63) is 12.7 Å². The Morgan fingerprint density at radius 1 is 1.30 bits per heavy atom. The molecule has 8 heteroatoms. The molecule has 2 amide bonds. The Morgan fingerprint density at radius 3 is 2.52 bits per heavy atom. The summed E-state index contributed by atoms with van der Waals surface area (Å²) in [6, 6.07) is -1.72. The van der Waals surface area contributed by atoms with Crippen LogP contribution >= 0.6 is 0 Å². The van der Waals surface area contributed by atoms with E-state index in [9.17, 15) is 24.3 Å². The number of aliphatic carboxylic acids is 1. The molecule has 1 unspecified atom stereocenters. The number of hydrogen-bond acceptors (Lipinski definition) is 6. The molecule has 0 aromatic heterocycles. The fourth-order valence-electron chi connectivity index (χ4n) is 3.08. The Hall–Kier alpha value is -2.22. The smallest absolute Gasteiger partial charge is 0.258 e. The largest absolute Gasteiger partial charge is 0.548 e. The molecule has 0 radical (unpaired) electrons. The Labute approximate surface area is 160 Å². The zero-order valence-electron chi connectivity index (χ0n) is 16.3. The lowest BCUT2D eigenvalue weighted by Gasteiger charge is -2.36. The van der Waals surface area contributed by atoms with Crippen molar-refractivity contribution in [2.75, 3.05) is 6.54 Å². The quantitative estimate of drug-likeness (QED) is 0.512. The van der Waals surface area contributed by atoms with Gasteiger partial charge in [-0.05, 0) is 32.1 Å². The molecule has 8 nitrogen and oxygen atoms in total. The molecule has 1 aliphatic heterocycles. The number of carboxylic acids is 1. The predicted molar refractivity (Wildman–Crippen MR) is 97.9 cm³/mol. The molecule has 0 bridgehead atoms. The first kappa shape index (κ1) is 22.8. The van der Waals surface area contributed by atoms with Crippen LogP contribution in [0.25, 0.3) is 0 Å². The summed E-state index contributed by atoms with van der Waals surface area (Å²) < 4.78 is 0. The number of rotatable bonds is 10. The lowest BCUT2D eigenvalue weighted by molar-refractivity contribution is -0.310. The van der Waals surface area contributed by atoms with E-state index in [1.54, 1.807) is 13.0 Å². The standard InChI is InChI=1S/C19H31N3O5/c1-5-7-14(23)9-10-15(12(2)3)17(24)20-13(4)18(25)22-11-6-8-16(21-22)19(26)27/h5,12-13,15-16,21H,1,6-11H2,2-4H3,(H,20,24)(H,26,27)/p-1/t13-,15-,16?/m0/s1. The number of ketones is 1. The summed E-state index contributed by atoms with van der Waals surface area (Å²) in [6.07, 6.45) is 3.44. The highest BCUT2D eigenvalue weighted by Crippen LogP contribution is 2.19. The highest BCUT2D eigenvalue weighted by molar-refractivity contribution is 5.89. The third kappa shape index (κ3) is 7.13. The van der Waals surface area contributed by atoms with Gasteiger partial charge < -0.3 is 15.2 Å². The number of hydrazine groups is 1. The summed E-state index contributed by atoms with van der Waals surface area (Å²) in [7, 11) is 0. The van der Waals surface area contributed by atoms with Crippen molar-refractivity contribution < 1.29 is 24.3 Å². The van der Waals surface area contributed by atoms with Gasteiger partial charge in [0.2, 0.25) is 5.91 Å². The average Bonchev–Trinajstić information content (AvgIpc) is 2.61. The Bertz CT molecular complexity index is 576. The molecule has 1 fully saturated rings. The second kappa shape index (κ2) is 10.8. The zero-order valence-corrected chi connectivity index (χ0v) is 16.3. The van der Waals surface area contributed by atoms with Gasteiger partial charge in [0.05, 0.1) is 12.0 Å². The van der Waals surface area contributed by atoms with Crippen molar-refractivity contribution in [1.29, 1.82) is 0 Å². The van der Waals surface area contributed by atoms with Gasteiger partial charge in [-0.25, -0.2) is 5.43 Å². The number of allylic oxidation sites excluding steroid dienone is 1. The van der Waals surface area contributed by atoms with Crippen LogP contribution in [0.1, 0.15) is 52.9 Å². The summed E-state index contributed by atoms with van der Waals surface area (Å²) in [5.41, 5.74) is 2.63. The lowest BCUT2D eigenvalue weighted by atomic mass is 9.89. The zero-order chi connectivity index (χ0) is 20.6. The fraction of sp³-hybridized carbons (Fsp3) is 0.684. The molecule has 3 atom stereocenters. The van der Waals surface area contributed by atoms with E-state index in [-0.39, 0.29) is 36.4 Å². The number of carbonyl (C=O) groups is 4. The van der Waals surface area contributed by atoms with Crippen LogP contribution in [0.2, 0.25) is 0 Å². The molecule has 0 aromatic rings. The van der Waals surface area contributed by atoms with Gasteiger partial charge >= 0.3 is 0 Å². The van der Waals surface area contributed by atoms with E-state index in [4.69, 9.17) is 0 Å². The molecule has 0 spiro atoms. The maximum absolute atomic E-state index is 12.6. The van der Waals surface area contributed by atoms with Gasteiger partial charge in [-0.3, -0.25) is 19.4 Å². The lowest BCUT2D eigenvalue weighted by Crippen LogP contribution is -2.61. The summed E-state index contributed by atoms with van der Waals surface area (Å²) in [5, 5.41) is 14.9. The van der Waals surface area contributed by atoms with Crippen molar-refractivity contribution >= 4 is 23.6 Å². The van der Waals surface area contributed by atoms with Gasteiger partial charge in [0.1, 0.15) is 11.8 Å². The van der Waals surface area contributed by atoms with Crippen molar-refractivity contribution in [2.45, 2.75) is 65.0 Å². The van der Waals surface area contributed by atoms with Gasteiger partial charge in [0.25, 0.3) is 5.91 Å². The maximum atomic E-state index is 12.6. The highest BCUT2D eigenvalue weighted by Gasteiger charge is 2.30. The van der Waals surface area contributed by atoms with Crippen molar-refractivity contribution in [3.63, 3.8) is 0 Å². The Morgan fingerprint density at radius 2 is 1.96 bits per heavy atom. The van der Waals surface area contributed by atoms with Crippen LogP contribution in [0, 0.1) is 11.8 Å². The molecule has 2 N–H and O–H groups in total. The first-order valence-corrected chi connectivity index (χ1v) is 9.38. The molecular formula is C19H30N3O5-. The summed E-state index contributed by atoms with van der Waals surface area (Å²) in [6.45, 7) is 9.24. The van der Waals surface area contributed by atoms with Gasteiger partial charge in [-0.15, -0.1) is 6.58 Å². The van der Waals surface area contributed by atoms with E-state index in [1.165, 1.54) is 5.01 Å². The fourth-order valence-corrected chi connectivity index (χ4v) is 3.08. The molecule has 0 aliphatic carbocycles. The van der Waals surface area contributed by atoms with E-state index in [1.807, 2.05) is 13.8 Å². The minimum atomic E-state index is -1.26. The van der Waals surface area contributed by atoms with E-state index >= 15 is 0 Å². The van der Waals surface area contributed by atoms with Crippen molar-refractivity contribution in [3.8, 4) is 0 Å². The van der Waals surface area contributed by atoms with Gasteiger partial charge in [0, 0.05) is 25.3 Å². The summed E-state index contributed by atoms with van der Waals surface area (Å²) in [4.78, 5) is 47.8. The topological polar surface area (TPSA) is 119 Å². The van der Waals surface area contributed by atoms with Crippen LogP contribution in [0.3, 0.4) is 0 Å². The molecule has 1 aliphatic rings. The second-order valence-electron chi connectivity index (χ2n) is 7.28. The van der Waals surface area contributed by atoms with E-state index < -0.39 is 24.0 Å². The molecule has 1 saturated heterocycles. The predicted octanol–water partition coefficient (Wildman–Crippen LogP) is -0.0658. The van der Waals surface area contributed by atoms with Crippen molar-refractivity contribution in [2.24, 2.45) is 11.8 Å². The number of carboxylic acid groups (broad SMARTS) is 1. The van der Waals surface area contributed by atoms with Crippen LogP contribution in [0.15, 0.2) is 12.7 Å². The molecule has 0 aromatic carbocycles. The van der Waals surface area contributed by atoms with Crippen LogP contribution < -0.4 is 15.8 Å². The summed E-state index contributed by atoms with van der Waals surface area (Å²) in [5.74, 6) is -2.30. The Kier molecular flexibility index (Phi) is 9.14. The Balaban J connectivity index is 2.63. The molecule has 1 heterocycles. The number of carbonyl (C=O) groups excluding carboxylic acids is 4. The van der Waals surface area contributed by atoms with Crippen molar-refractivity contribution in [1.82, 2.24) is 15.8 Å². The second-order valence-corrected chi connectivity index (χ2v) is 7.28. The van der Waals surface area contributed by atoms with E-state index in [0.29, 0.717) is 25.8 Å². The molecule has 27 heavy (non-hydrogen) atoms. The van der Waals surface area contributed by atoms with E-state index in [2.05, 4.69) is 17.3 Å². The van der Waals surface area contributed by atoms with Crippen LogP contribution in [0.5, 0.6) is 0 Å². The van der Waals surface area contributed by atoms with Crippen LogP contribution in [-0.4, -0.2) is 47.2 Å². The van der Waals surface area contributed by atoms with Gasteiger partial charge in [-0.1, -0.05) is 19.9 Å². The average molecular weight is 380 g/mol. The van der Waals surface area contributed by atoms with Crippen LogP contribution in [-0.2, 0) is 19.2 Å². The first-order valence-electron chi connectivity index (χ1n) is 9.38. The monoisotopic (exact) mass is 380 g/mol. The third-order valence-corrected chi connectivity index (χ3v) is 4.71. The molecule has 152 valence electrons. The summed E-state index contributed by atoms with van der Waals surface area (Å²) >= 11 is 0. The minimum absolute atomic E-state index is 0.0133. The van der Waals surface area contributed by atoms with Crippen LogP contribution in [0.4, 0.5) is 0 Å². The third-order valence-electron chi connectivity index (χ3n) is 4.71. The number of hydrogen-bond donors (Lipinski definition) is 2.